The number of nitrogens with one attached hydrogen (secondary N) is 1. The second-order valence-corrected chi connectivity index (χ2v) is 7.16. The Labute approximate surface area is 130 Å². The number of rotatable bonds is 6. The first kappa shape index (κ1) is 14.9. The molecule has 3 nitrogen and oxygen atoms in total. The first-order valence-corrected chi connectivity index (χ1v) is 8.03. The quantitative estimate of drug-likeness (QED) is 0.853. The molecule has 0 atom stereocenters. The molecule has 1 aliphatic carbocycles. The number of fused-ring (bicyclic) bond motifs is 1. The normalized spacial score (nSPS) is 15.8. The second kappa shape index (κ2) is 5.64. The highest BCUT2D eigenvalue weighted by atomic mass is 35.5. The lowest BCUT2D eigenvalue weighted by atomic mass is 10.1. The number of aromatic nitrogens is 1. The third-order valence-corrected chi connectivity index (χ3v) is 4.28. The molecule has 1 aromatic carbocycles. The van der Waals surface area contributed by atoms with E-state index in [-0.39, 0.29) is 0 Å². The topological polar surface area (TPSA) is 37.2 Å². The van der Waals surface area contributed by atoms with E-state index in [0.29, 0.717) is 6.04 Å². The van der Waals surface area contributed by atoms with Crippen molar-refractivity contribution in [2.45, 2.75) is 57.8 Å². The fraction of sp³-hybridized carbons (Fsp3) is 0.529. The Kier molecular flexibility index (Phi) is 4.00. The van der Waals surface area contributed by atoms with Crippen LogP contribution in [0.5, 0.6) is 0 Å². The highest BCUT2D eigenvalue weighted by molar-refractivity contribution is 6.31. The van der Waals surface area contributed by atoms with Gasteiger partial charge in [0.05, 0.1) is 5.60 Å². The molecule has 0 bridgehead atoms. The summed E-state index contributed by atoms with van der Waals surface area (Å²) < 4.78 is 2.21. The maximum absolute atomic E-state index is 9.95. The van der Waals surface area contributed by atoms with Gasteiger partial charge < -0.3 is 15.0 Å². The summed E-state index contributed by atoms with van der Waals surface area (Å²) in [6, 6.07) is 6.77. The molecular formula is C17H23ClN2O. The van der Waals surface area contributed by atoms with Crippen LogP contribution in [0.15, 0.2) is 24.4 Å². The van der Waals surface area contributed by atoms with Crippen molar-refractivity contribution in [2.75, 3.05) is 0 Å². The molecule has 0 spiro atoms. The van der Waals surface area contributed by atoms with E-state index < -0.39 is 5.60 Å². The van der Waals surface area contributed by atoms with Crippen molar-refractivity contribution in [2.24, 2.45) is 0 Å². The predicted octanol–water partition coefficient (Wildman–Crippen LogP) is 3.71. The van der Waals surface area contributed by atoms with E-state index in [9.17, 15) is 5.11 Å². The number of aliphatic hydroxyl groups is 1. The van der Waals surface area contributed by atoms with Gasteiger partial charge >= 0.3 is 0 Å². The average Bonchev–Trinajstić information content (AvgIpc) is 3.16. The van der Waals surface area contributed by atoms with Gasteiger partial charge in [-0.1, -0.05) is 17.7 Å². The van der Waals surface area contributed by atoms with Gasteiger partial charge in [0.1, 0.15) is 0 Å². The zero-order chi connectivity index (χ0) is 15.0. The van der Waals surface area contributed by atoms with Crippen molar-refractivity contribution in [3.63, 3.8) is 0 Å². The van der Waals surface area contributed by atoms with Gasteiger partial charge in [-0.05, 0) is 50.8 Å². The minimum Gasteiger partial charge on any atom is -0.390 e. The molecule has 0 saturated heterocycles. The predicted molar refractivity (Wildman–Crippen MR) is 87.7 cm³/mol. The Morgan fingerprint density at radius 2 is 2.14 bits per heavy atom. The van der Waals surface area contributed by atoms with Crippen LogP contribution in [0.4, 0.5) is 0 Å². The number of nitrogens with zero attached hydrogens (tertiary/aromatic N) is 1. The van der Waals surface area contributed by atoms with Crippen molar-refractivity contribution in [3.05, 3.63) is 35.0 Å². The van der Waals surface area contributed by atoms with Crippen LogP contribution in [0.25, 0.3) is 10.9 Å². The van der Waals surface area contributed by atoms with Crippen LogP contribution in [0.1, 0.15) is 38.7 Å². The van der Waals surface area contributed by atoms with E-state index in [2.05, 4.69) is 22.1 Å². The first-order chi connectivity index (χ1) is 9.92. The summed E-state index contributed by atoms with van der Waals surface area (Å²) >= 11 is 6.15. The van der Waals surface area contributed by atoms with Gasteiger partial charge in [0, 0.05) is 41.3 Å². The summed E-state index contributed by atoms with van der Waals surface area (Å²) in [4.78, 5) is 0. The fourth-order valence-electron chi connectivity index (χ4n) is 2.60. The van der Waals surface area contributed by atoms with Crippen LogP contribution in [0.2, 0.25) is 5.02 Å². The van der Waals surface area contributed by atoms with Crippen molar-refractivity contribution < 1.29 is 5.11 Å². The Bertz CT molecular complexity index is 638. The van der Waals surface area contributed by atoms with Crippen LogP contribution >= 0.6 is 11.6 Å². The van der Waals surface area contributed by atoms with Crippen LogP contribution in [-0.2, 0) is 13.1 Å². The molecule has 0 radical (unpaired) electrons. The van der Waals surface area contributed by atoms with E-state index in [4.69, 9.17) is 11.6 Å². The molecule has 1 fully saturated rings. The molecule has 1 aromatic heterocycles. The van der Waals surface area contributed by atoms with Crippen LogP contribution in [0.3, 0.4) is 0 Å². The molecular weight excluding hydrogens is 284 g/mol. The molecule has 1 saturated carbocycles. The molecule has 2 aromatic rings. The Balaban J connectivity index is 1.87. The van der Waals surface area contributed by atoms with Gasteiger partial charge in [0.2, 0.25) is 0 Å². The molecule has 0 aliphatic heterocycles. The van der Waals surface area contributed by atoms with Crippen molar-refractivity contribution in [3.8, 4) is 0 Å². The molecule has 0 amide bonds. The summed E-state index contributed by atoms with van der Waals surface area (Å²) in [5.41, 5.74) is 1.81. The molecule has 3 rings (SSSR count). The average molecular weight is 307 g/mol. The number of hydrogen-bond donors (Lipinski definition) is 2. The molecule has 21 heavy (non-hydrogen) atoms. The van der Waals surface area contributed by atoms with Gasteiger partial charge in [-0.3, -0.25) is 0 Å². The number of hydrogen-bond acceptors (Lipinski definition) is 2. The first-order valence-electron chi connectivity index (χ1n) is 7.65. The van der Waals surface area contributed by atoms with Crippen molar-refractivity contribution >= 4 is 22.5 Å². The Morgan fingerprint density at radius 3 is 2.81 bits per heavy atom. The van der Waals surface area contributed by atoms with E-state index in [1.54, 1.807) is 0 Å². The smallest absolute Gasteiger partial charge is 0.0608 e. The van der Waals surface area contributed by atoms with Crippen molar-refractivity contribution in [1.29, 1.82) is 0 Å². The SMILES string of the molecule is CC(C)(O)CCn1cc(CNC2CC2)c2ccc(Cl)cc21. The Hall–Kier alpha value is -1.03. The lowest BCUT2D eigenvalue weighted by Crippen LogP contribution is -2.20. The standard InChI is InChI=1S/C17H23ClN2O/c1-17(2,21)7-8-20-11-12(10-19-14-4-5-14)15-6-3-13(18)9-16(15)20/h3,6,9,11,14,19,21H,4-5,7-8,10H2,1-2H3. The molecule has 0 unspecified atom stereocenters. The number of benzene rings is 1. The number of halogens is 1. The largest absolute Gasteiger partial charge is 0.390 e. The molecule has 1 heterocycles. The third kappa shape index (κ3) is 3.79. The van der Waals surface area contributed by atoms with E-state index >= 15 is 0 Å². The highest BCUT2D eigenvalue weighted by Crippen LogP contribution is 2.27. The van der Waals surface area contributed by atoms with Gasteiger partial charge in [0.15, 0.2) is 0 Å². The number of aryl methyl sites for hydroxylation is 1. The zero-order valence-corrected chi connectivity index (χ0v) is 13.5. The third-order valence-electron chi connectivity index (χ3n) is 4.05. The van der Waals surface area contributed by atoms with Gasteiger partial charge in [-0.25, -0.2) is 0 Å². The Morgan fingerprint density at radius 1 is 1.38 bits per heavy atom. The second-order valence-electron chi connectivity index (χ2n) is 6.73. The summed E-state index contributed by atoms with van der Waals surface area (Å²) in [5.74, 6) is 0. The summed E-state index contributed by atoms with van der Waals surface area (Å²) in [6.45, 7) is 5.39. The monoisotopic (exact) mass is 306 g/mol. The molecule has 4 heteroatoms. The lowest BCUT2D eigenvalue weighted by molar-refractivity contribution is 0.0666. The fourth-order valence-corrected chi connectivity index (χ4v) is 2.77. The summed E-state index contributed by atoms with van der Waals surface area (Å²) in [5, 5.41) is 15.5. The maximum Gasteiger partial charge on any atom is 0.0608 e. The minimum atomic E-state index is -0.651. The van der Waals surface area contributed by atoms with E-state index in [1.165, 1.54) is 23.8 Å². The van der Waals surface area contributed by atoms with Crippen molar-refractivity contribution in [1.82, 2.24) is 9.88 Å². The lowest BCUT2D eigenvalue weighted by Gasteiger charge is -2.17. The van der Waals surface area contributed by atoms with E-state index in [1.807, 2.05) is 26.0 Å². The van der Waals surface area contributed by atoms with Gasteiger partial charge in [-0.15, -0.1) is 0 Å². The molecule has 2 N–H and O–H groups in total. The summed E-state index contributed by atoms with van der Waals surface area (Å²) in [7, 11) is 0. The van der Waals surface area contributed by atoms with Gasteiger partial charge in [-0.2, -0.15) is 0 Å². The molecule has 1 aliphatic rings. The highest BCUT2D eigenvalue weighted by Gasteiger charge is 2.21. The summed E-state index contributed by atoms with van der Waals surface area (Å²) in [6.07, 6.45) is 5.51. The van der Waals surface area contributed by atoms with Gasteiger partial charge in [0.25, 0.3) is 0 Å². The zero-order valence-electron chi connectivity index (χ0n) is 12.7. The molecule has 114 valence electrons. The minimum absolute atomic E-state index is 0.651. The van der Waals surface area contributed by atoms with E-state index in [0.717, 1.165) is 30.0 Å². The maximum atomic E-state index is 9.95. The van der Waals surface area contributed by atoms with Crippen LogP contribution in [0, 0.1) is 0 Å². The van der Waals surface area contributed by atoms with Crippen LogP contribution in [-0.4, -0.2) is 21.3 Å². The van der Waals surface area contributed by atoms with Crippen LogP contribution < -0.4 is 5.32 Å².